The molecule has 0 aliphatic rings. The smallest absolute Gasteiger partial charge is 0.326 e. The Balaban J connectivity index is 2.83. The fourth-order valence-corrected chi connectivity index (χ4v) is 1.78. The number of carboxylic acids is 1. The molecular weight excluding hydrogens is 309 g/mol. The van der Waals surface area contributed by atoms with E-state index >= 15 is 0 Å². The van der Waals surface area contributed by atoms with Crippen molar-refractivity contribution >= 4 is 27.8 Å². The van der Waals surface area contributed by atoms with Gasteiger partial charge in [-0.05, 0) is 18.2 Å². The van der Waals surface area contributed by atoms with Gasteiger partial charge in [0.25, 0.3) is 5.91 Å². The topological polar surface area (TPSA) is 86.6 Å². The van der Waals surface area contributed by atoms with E-state index in [2.05, 4.69) is 21.2 Å². The SMILES string of the molecule is O=C(N[C@@H](CCO)C(=O)O)c1cc(F)cc(Br)c1. The van der Waals surface area contributed by atoms with Crippen molar-refractivity contribution in [1.82, 2.24) is 5.32 Å². The second-order valence-corrected chi connectivity index (χ2v) is 4.45. The molecule has 0 fully saturated rings. The zero-order chi connectivity index (χ0) is 13.7. The number of nitrogens with one attached hydrogen (secondary N) is 1. The number of hydrogen-bond donors (Lipinski definition) is 3. The largest absolute Gasteiger partial charge is 0.480 e. The van der Waals surface area contributed by atoms with Gasteiger partial charge in [0, 0.05) is 23.1 Å². The Kier molecular flexibility index (Phi) is 5.24. The van der Waals surface area contributed by atoms with Crippen molar-refractivity contribution in [2.75, 3.05) is 6.61 Å². The number of benzene rings is 1. The van der Waals surface area contributed by atoms with E-state index in [1.165, 1.54) is 12.1 Å². The summed E-state index contributed by atoms with van der Waals surface area (Å²) < 4.78 is 13.4. The molecule has 1 rings (SSSR count). The van der Waals surface area contributed by atoms with Crippen LogP contribution >= 0.6 is 15.9 Å². The van der Waals surface area contributed by atoms with Gasteiger partial charge in [-0.2, -0.15) is 0 Å². The lowest BCUT2D eigenvalue weighted by Gasteiger charge is -2.13. The van der Waals surface area contributed by atoms with Crippen LogP contribution in [-0.2, 0) is 4.79 Å². The van der Waals surface area contributed by atoms with Crippen molar-refractivity contribution < 1.29 is 24.2 Å². The number of rotatable bonds is 5. The lowest BCUT2D eigenvalue weighted by molar-refractivity contribution is -0.139. The number of aliphatic hydroxyl groups excluding tert-OH is 1. The van der Waals surface area contributed by atoms with E-state index in [1.54, 1.807) is 0 Å². The Bertz CT molecular complexity index is 446. The first-order valence-electron chi connectivity index (χ1n) is 5.04. The second-order valence-electron chi connectivity index (χ2n) is 3.53. The van der Waals surface area contributed by atoms with Gasteiger partial charge in [-0.15, -0.1) is 0 Å². The highest BCUT2D eigenvalue weighted by atomic mass is 79.9. The fraction of sp³-hybridized carbons (Fsp3) is 0.273. The van der Waals surface area contributed by atoms with Gasteiger partial charge >= 0.3 is 5.97 Å². The first-order valence-corrected chi connectivity index (χ1v) is 5.84. The quantitative estimate of drug-likeness (QED) is 0.760. The lowest BCUT2D eigenvalue weighted by Crippen LogP contribution is -2.41. The van der Waals surface area contributed by atoms with Gasteiger partial charge in [-0.25, -0.2) is 9.18 Å². The molecule has 98 valence electrons. The molecule has 5 nitrogen and oxygen atoms in total. The van der Waals surface area contributed by atoms with E-state index in [0.717, 1.165) is 6.07 Å². The van der Waals surface area contributed by atoms with Gasteiger partial charge in [0.15, 0.2) is 0 Å². The van der Waals surface area contributed by atoms with E-state index in [1.807, 2.05) is 0 Å². The average molecular weight is 320 g/mol. The number of carbonyl (C=O) groups is 2. The zero-order valence-electron chi connectivity index (χ0n) is 9.19. The van der Waals surface area contributed by atoms with Crippen LogP contribution in [0.2, 0.25) is 0 Å². The van der Waals surface area contributed by atoms with Crippen LogP contribution in [0.4, 0.5) is 4.39 Å². The van der Waals surface area contributed by atoms with E-state index in [4.69, 9.17) is 10.2 Å². The summed E-state index contributed by atoms with van der Waals surface area (Å²) in [6, 6.07) is 2.34. The molecule has 0 aliphatic heterocycles. The molecule has 0 unspecified atom stereocenters. The average Bonchev–Trinajstić information content (AvgIpc) is 2.26. The maximum Gasteiger partial charge on any atom is 0.326 e. The molecule has 0 saturated carbocycles. The summed E-state index contributed by atoms with van der Waals surface area (Å²) in [5, 5.41) is 19.7. The van der Waals surface area contributed by atoms with Gasteiger partial charge in [-0.3, -0.25) is 4.79 Å². The highest BCUT2D eigenvalue weighted by Gasteiger charge is 2.20. The third-order valence-corrected chi connectivity index (χ3v) is 2.60. The summed E-state index contributed by atoms with van der Waals surface area (Å²) in [5.74, 6) is -2.58. The minimum Gasteiger partial charge on any atom is -0.480 e. The Morgan fingerprint density at radius 1 is 1.39 bits per heavy atom. The van der Waals surface area contributed by atoms with Crippen molar-refractivity contribution in [2.45, 2.75) is 12.5 Å². The lowest BCUT2D eigenvalue weighted by atomic mass is 10.1. The number of aliphatic hydroxyl groups is 1. The Labute approximate surface area is 111 Å². The highest BCUT2D eigenvalue weighted by molar-refractivity contribution is 9.10. The Hall–Kier alpha value is -1.47. The number of carbonyl (C=O) groups excluding carboxylic acids is 1. The third-order valence-electron chi connectivity index (χ3n) is 2.15. The van der Waals surface area contributed by atoms with Gasteiger partial charge in [-0.1, -0.05) is 15.9 Å². The number of halogens is 2. The molecule has 0 radical (unpaired) electrons. The maximum atomic E-state index is 13.1. The zero-order valence-corrected chi connectivity index (χ0v) is 10.8. The molecule has 0 aliphatic carbocycles. The van der Waals surface area contributed by atoms with E-state index in [9.17, 15) is 14.0 Å². The number of hydrogen-bond acceptors (Lipinski definition) is 3. The predicted molar refractivity (Wildman–Crippen MR) is 64.7 cm³/mol. The summed E-state index contributed by atoms with van der Waals surface area (Å²) in [5.41, 5.74) is 0.00562. The van der Waals surface area contributed by atoms with Gasteiger partial charge in [0.05, 0.1) is 0 Å². The van der Waals surface area contributed by atoms with E-state index in [0.29, 0.717) is 4.47 Å². The monoisotopic (exact) mass is 319 g/mol. The minimum absolute atomic E-state index is 0.00562. The molecule has 0 heterocycles. The molecule has 7 heteroatoms. The molecule has 0 saturated heterocycles. The van der Waals surface area contributed by atoms with Crippen LogP contribution in [0.1, 0.15) is 16.8 Å². The molecule has 0 aromatic heterocycles. The van der Waals surface area contributed by atoms with Crippen molar-refractivity contribution in [1.29, 1.82) is 0 Å². The minimum atomic E-state index is -1.26. The third kappa shape index (κ3) is 4.08. The number of carboxylic acid groups (broad SMARTS) is 1. The molecular formula is C11H11BrFNO4. The molecule has 0 spiro atoms. The molecule has 1 amide bonds. The van der Waals surface area contributed by atoms with Crippen LogP contribution in [0, 0.1) is 5.82 Å². The standard InChI is InChI=1S/C11H11BrFNO4/c12-7-3-6(4-8(13)5-7)10(16)14-9(1-2-15)11(17)18/h3-5,9,15H,1-2H2,(H,14,16)(H,17,18)/t9-/m0/s1. The normalized spacial score (nSPS) is 11.9. The van der Waals surface area contributed by atoms with E-state index < -0.39 is 23.7 Å². The van der Waals surface area contributed by atoms with Crippen LogP contribution in [0.15, 0.2) is 22.7 Å². The highest BCUT2D eigenvalue weighted by Crippen LogP contribution is 2.15. The molecule has 3 N–H and O–H groups in total. The molecule has 1 aromatic rings. The molecule has 1 atom stereocenters. The van der Waals surface area contributed by atoms with Crippen LogP contribution < -0.4 is 5.32 Å². The first kappa shape index (κ1) is 14.6. The summed E-state index contributed by atoms with van der Waals surface area (Å²) in [6.45, 7) is -0.371. The van der Waals surface area contributed by atoms with Gasteiger partial charge in [0.2, 0.25) is 0 Å². The summed E-state index contributed by atoms with van der Waals surface area (Å²) >= 11 is 3.03. The summed E-state index contributed by atoms with van der Waals surface area (Å²) in [4.78, 5) is 22.5. The summed E-state index contributed by atoms with van der Waals surface area (Å²) in [6.07, 6.45) is -0.114. The number of amides is 1. The fourth-order valence-electron chi connectivity index (χ4n) is 1.31. The van der Waals surface area contributed by atoms with Crippen LogP contribution in [0.25, 0.3) is 0 Å². The van der Waals surface area contributed by atoms with Crippen LogP contribution in [0.5, 0.6) is 0 Å². The van der Waals surface area contributed by atoms with Crippen molar-refractivity contribution in [2.24, 2.45) is 0 Å². The predicted octanol–water partition coefficient (Wildman–Crippen LogP) is 1.15. The van der Waals surface area contributed by atoms with Crippen molar-refractivity contribution in [3.8, 4) is 0 Å². The molecule has 0 bridgehead atoms. The van der Waals surface area contributed by atoms with Crippen LogP contribution in [-0.4, -0.2) is 34.7 Å². The van der Waals surface area contributed by atoms with E-state index in [-0.39, 0.29) is 18.6 Å². The van der Waals surface area contributed by atoms with Crippen molar-refractivity contribution in [3.63, 3.8) is 0 Å². The molecule has 18 heavy (non-hydrogen) atoms. The Morgan fingerprint density at radius 3 is 2.56 bits per heavy atom. The van der Waals surface area contributed by atoms with Gasteiger partial charge < -0.3 is 15.5 Å². The summed E-state index contributed by atoms with van der Waals surface area (Å²) in [7, 11) is 0. The Morgan fingerprint density at radius 2 is 2.06 bits per heavy atom. The second kappa shape index (κ2) is 6.46. The number of aliphatic carboxylic acids is 1. The maximum absolute atomic E-state index is 13.1. The first-order chi connectivity index (χ1) is 8.43. The van der Waals surface area contributed by atoms with Crippen LogP contribution in [0.3, 0.4) is 0 Å². The van der Waals surface area contributed by atoms with Gasteiger partial charge in [0.1, 0.15) is 11.9 Å². The van der Waals surface area contributed by atoms with Crippen molar-refractivity contribution in [3.05, 3.63) is 34.1 Å². The molecule has 1 aromatic carbocycles.